The van der Waals surface area contributed by atoms with Crippen molar-refractivity contribution in [3.8, 4) is 0 Å². The van der Waals surface area contributed by atoms with Gasteiger partial charge < -0.3 is 16.0 Å². The Morgan fingerprint density at radius 2 is 1.83 bits per heavy atom. The van der Waals surface area contributed by atoms with Crippen LogP contribution in [0.5, 0.6) is 0 Å². The van der Waals surface area contributed by atoms with Crippen LogP contribution < -0.4 is 16.0 Å². The highest BCUT2D eigenvalue weighted by Crippen LogP contribution is 2.22. The average molecular weight is 323 g/mol. The maximum atomic E-state index is 12.6. The molecule has 2 unspecified atom stereocenters. The van der Waals surface area contributed by atoms with Crippen molar-refractivity contribution in [1.82, 2.24) is 5.32 Å². The molecule has 0 spiro atoms. The molecule has 3 N–H and O–H groups in total. The van der Waals surface area contributed by atoms with Gasteiger partial charge in [0.05, 0.1) is 0 Å². The van der Waals surface area contributed by atoms with Crippen LogP contribution >= 0.6 is 0 Å². The molecule has 1 aliphatic rings. The largest absolute Gasteiger partial charge is 0.343 e. The SMILES string of the molecule is Cc1ccc(N2CCC(NC(=O)C(N)c3ccccc3)C2=O)cc1. The predicted molar refractivity (Wildman–Crippen MR) is 93.5 cm³/mol. The molecule has 24 heavy (non-hydrogen) atoms. The number of amides is 2. The van der Waals surface area contributed by atoms with E-state index in [0.717, 1.165) is 16.8 Å². The molecule has 124 valence electrons. The number of anilines is 1. The van der Waals surface area contributed by atoms with Gasteiger partial charge in [0.15, 0.2) is 0 Å². The molecule has 5 nitrogen and oxygen atoms in total. The fourth-order valence-electron chi connectivity index (χ4n) is 2.87. The molecular formula is C19H21N3O2. The number of benzene rings is 2. The maximum Gasteiger partial charge on any atom is 0.249 e. The van der Waals surface area contributed by atoms with Gasteiger partial charge in [-0.05, 0) is 31.0 Å². The number of hydrogen-bond acceptors (Lipinski definition) is 3. The second-order valence-electron chi connectivity index (χ2n) is 6.06. The predicted octanol–water partition coefficient (Wildman–Crippen LogP) is 1.92. The second-order valence-corrected chi connectivity index (χ2v) is 6.06. The first-order chi connectivity index (χ1) is 11.6. The van der Waals surface area contributed by atoms with Gasteiger partial charge in [-0.2, -0.15) is 0 Å². The molecule has 2 aromatic rings. The summed E-state index contributed by atoms with van der Waals surface area (Å²) in [6.45, 7) is 2.59. The first-order valence-electron chi connectivity index (χ1n) is 8.05. The van der Waals surface area contributed by atoms with Gasteiger partial charge in [-0.1, -0.05) is 48.0 Å². The van der Waals surface area contributed by atoms with Gasteiger partial charge in [0.2, 0.25) is 11.8 Å². The number of hydrogen-bond donors (Lipinski definition) is 2. The van der Waals surface area contributed by atoms with Gasteiger partial charge in [0.25, 0.3) is 0 Å². The van der Waals surface area contributed by atoms with Crippen molar-refractivity contribution < 1.29 is 9.59 Å². The van der Waals surface area contributed by atoms with Crippen LogP contribution in [0.2, 0.25) is 0 Å². The Bertz CT molecular complexity index is 728. The summed E-state index contributed by atoms with van der Waals surface area (Å²) in [6.07, 6.45) is 0.583. The fourth-order valence-corrected chi connectivity index (χ4v) is 2.87. The number of nitrogens with zero attached hydrogens (tertiary/aromatic N) is 1. The Morgan fingerprint density at radius 3 is 2.50 bits per heavy atom. The molecule has 3 rings (SSSR count). The monoisotopic (exact) mass is 323 g/mol. The zero-order valence-corrected chi connectivity index (χ0v) is 13.6. The van der Waals surface area contributed by atoms with Gasteiger partial charge in [-0.15, -0.1) is 0 Å². The van der Waals surface area contributed by atoms with Crippen molar-refractivity contribution in [2.75, 3.05) is 11.4 Å². The van der Waals surface area contributed by atoms with Crippen LogP contribution in [0.25, 0.3) is 0 Å². The number of nitrogens with two attached hydrogens (primary N) is 1. The van der Waals surface area contributed by atoms with E-state index in [1.807, 2.05) is 49.4 Å². The molecule has 0 aliphatic carbocycles. The third kappa shape index (κ3) is 3.31. The van der Waals surface area contributed by atoms with Crippen LogP contribution in [0.4, 0.5) is 5.69 Å². The molecule has 2 amide bonds. The fraction of sp³-hybridized carbons (Fsp3) is 0.263. The molecule has 0 bridgehead atoms. The summed E-state index contributed by atoms with van der Waals surface area (Å²) in [6, 6.07) is 15.7. The lowest BCUT2D eigenvalue weighted by molar-refractivity contribution is -0.127. The zero-order valence-electron chi connectivity index (χ0n) is 13.6. The minimum atomic E-state index is -0.771. The summed E-state index contributed by atoms with van der Waals surface area (Å²) < 4.78 is 0. The van der Waals surface area contributed by atoms with E-state index in [9.17, 15) is 9.59 Å². The first kappa shape index (κ1) is 16.2. The summed E-state index contributed by atoms with van der Waals surface area (Å²) in [4.78, 5) is 26.6. The van der Waals surface area contributed by atoms with E-state index in [0.29, 0.717) is 13.0 Å². The highest BCUT2D eigenvalue weighted by molar-refractivity contribution is 6.01. The van der Waals surface area contributed by atoms with E-state index in [-0.39, 0.29) is 11.8 Å². The Morgan fingerprint density at radius 1 is 1.17 bits per heavy atom. The third-order valence-corrected chi connectivity index (χ3v) is 4.31. The number of carbonyl (C=O) groups excluding carboxylic acids is 2. The van der Waals surface area contributed by atoms with Crippen LogP contribution in [-0.2, 0) is 9.59 Å². The summed E-state index contributed by atoms with van der Waals surface area (Å²) in [5.74, 6) is -0.419. The van der Waals surface area contributed by atoms with Crippen molar-refractivity contribution in [2.45, 2.75) is 25.4 Å². The average Bonchev–Trinajstić information content (AvgIpc) is 2.96. The van der Waals surface area contributed by atoms with Crippen molar-refractivity contribution in [3.05, 3.63) is 65.7 Å². The van der Waals surface area contributed by atoms with E-state index < -0.39 is 12.1 Å². The molecule has 1 saturated heterocycles. The summed E-state index contributed by atoms with van der Waals surface area (Å²) >= 11 is 0. The second kappa shape index (κ2) is 6.84. The number of nitrogens with one attached hydrogen (secondary N) is 1. The van der Waals surface area contributed by atoms with Gasteiger partial charge >= 0.3 is 0 Å². The van der Waals surface area contributed by atoms with Crippen molar-refractivity contribution in [3.63, 3.8) is 0 Å². The summed E-state index contributed by atoms with van der Waals surface area (Å²) in [5, 5.41) is 2.78. The lowest BCUT2D eigenvalue weighted by Crippen LogP contribution is -2.45. The minimum absolute atomic E-state index is 0.0903. The van der Waals surface area contributed by atoms with Gasteiger partial charge in [-0.25, -0.2) is 0 Å². The number of aryl methyl sites for hydroxylation is 1. The highest BCUT2D eigenvalue weighted by atomic mass is 16.2. The van der Waals surface area contributed by atoms with Gasteiger partial charge in [0, 0.05) is 12.2 Å². The van der Waals surface area contributed by atoms with Gasteiger partial charge in [-0.3, -0.25) is 9.59 Å². The third-order valence-electron chi connectivity index (χ3n) is 4.31. The zero-order chi connectivity index (χ0) is 17.1. The topological polar surface area (TPSA) is 75.4 Å². The standard InChI is InChI=1S/C19H21N3O2/c1-13-7-9-15(10-8-13)22-12-11-16(19(22)24)21-18(23)17(20)14-5-3-2-4-6-14/h2-10,16-17H,11-12,20H2,1H3,(H,21,23). The minimum Gasteiger partial charge on any atom is -0.343 e. The molecule has 2 aromatic carbocycles. The molecular weight excluding hydrogens is 302 g/mol. The van der Waals surface area contributed by atoms with Crippen LogP contribution in [-0.4, -0.2) is 24.4 Å². The lowest BCUT2D eigenvalue weighted by Gasteiger charge is -2.19. The molecule has 1 heterocycles. The van der Waals surface area contributed by atoms with E-state index in [1.165, 1.54) is 0 Å². The number of rotatable bonds is 4. The Kier molecular flexibility index (Phi) is 4.62. The number of carbonyl (C=O) groups is 2. The van der Waals surface area contributed by atoms with Crippen LogP contribution in [0.3, 0.4) is 0 Å². The first-order valence-corrected chi connectivity index (χ1v) is 8.05. The normalized spacial score (nSPS) is 18.5. The molecule has 5 heteroatoms. The molecule has 1 fully saturated rings. The van der Waals surface area contributed by atoms with Gasteiger partial charge in [0.1, 0.15) is 12.1 Å². The van der Waals surface area contributed by atoms with E-state index in [2.05, 4.69) is 5.32 Å². The van der Waals surface area contributed by atoms with Crippen molar-refractivity contribution >= 4 is 17.5 Å². The van der Waals surface area contributed by atoms with E-state index in [1.54, 1.807) is 17.0 Å². The molecule has 0 aromatic heterocycles. The molecule has 0 radical (unpaired) electrons. The van der Waals surface area contributed by atoms with E-state index >= 15 is 0 Å². The highest BCUT2D eigenvalue weighted by Gasteiger charge is 2.34. The Balaban J connectivity index is 1.65. The van der Waals surface area contributed by atoms with E-state index in [4.69, 9.17) is 5.73 Å². The Labute approximate surface area is 141 Å². The maximum absolute atomic E-state index is 12.6. The van der Waals surface area contributed by atoms with Crippen molar-refractivity contribution in [2.24, 2.45) is 5.73 Å². The molecule has 2 atom stereocenters. The lowest BCUT2D eigenvalue weighted by atomic mass is 10.1. The smallest absolute Gasteiger partial charge is 0.249 e. The molecule has 1 aliphatic heterocycles. The van der Waals surface area contributed by atoms with Crippen molar-refractivity contribution in [1.29, 1.82) is 0 Å². The van der Waals surface area contributed by atoms with Crippen LogP contribution in [0, 0.1) is 6.92 Å². The summed E-state index contributed by atoms with van der Waals surface area (Å²) in [7, 11) is 0. The molecule has 0 saturated carbocycles. The van der Waals surface area contributed by atoms with Crippen LogP contribution in [0.15, 0.2) is 54.6 Å². The quantitative estimate of drug-likeness (QED) is 0.902. The Hall–Kier alpha value is -2.66. The summed E-state index contributed by atoms with van der Waals surface area (Å²) in [5.41, 5.74) is 8.72. The van der Waals surface area contributed by atoms with Crippen LogP contribution in [0.1, 0.15) is 23.6 Å².